The minimum atomic E-state index is -0.588. The first kappa shape index (κ1) is 10.3. The summed E-state index contributed by atoms with van der Waals surface area (Å²) in [6.45, 7) is 1.55. The highest BCUT2D eigenvalue weighted by molar-refractivity contribution is 6.33. The van der Waals surface area contributed by atoms with Crippen LogP contribution in [0, 0.1) is 17.0 Å². The van der Waals surface area contributed by atoms with Crippen molar-refractivity contribution < 1.29 is 4.92 Å². The maximum absolute atomic E-state index is 10.5. The van der Waals surface area contributed by atoms with Crippen molar-refractivity contribution in [3.05, 3.63) is 43.3 Å². The van der Waals surface area contributed by atoms with Crippen LogP contribution in [0.15, 0.2) is 17.2 Å². The van der Waals surface area contributed by atoms with Gasteiger partial charge in [-0.15, -0.1) is 0 Å². The first-order valence-electron chi connectivity index (χ1n) is 3.56. The van der Waals surface area contributed by atoms with Crippen LogP contribution in [-0.2, 0) is 0 Å². The summed E-state index contributed by atoms with van der Waals surface area (Å²) in [5.74, 6) is 0. The van der Waals surface area contributed by atoms with Gasteiger partial charge in [0.1, 0.15) is 5.02 Å². The number of hydrogen-bond donors (Lipinski definition) is 0. The molecule has 6 nitrogen and oxygen atoms in total. The van der Waals surface area contributed by atoms with E-state index in [1.807, 2.05) is 0 Å². The summed E-state index contributed by atoms with van der Waals surface area (Å²) in [4.78, 5) is 12.5. The van der Waals surface area contributed by atoms with Crippen molar-refractivity contribution in [2.24, 2.45) is 5.11 Å². The molecule has 0 fully saturated rings. The molecule has 0 saturated carbocycles. The van der Waals surface area contributed by atoms with Crippen molar-refractivity contribution in [3.63, 3.8) is 0 Å². The summed E-state index contributed by atoms with van der Waals surface area (Å²) < 4.78 is 0. The lowest BCUT2D eigenvalue weighted by atomic mass is 10.2. The van der Waals surface area contributed by atoms with E-state index in [0.717, 1.165) is 0 Å². The smallest absolute Gasteiger partial charge is 0.258 e. The van der Waals surface area contributed by atoms with Crippen LogP contribution in [0.4, 0.5) is 11.4 Å². The number of nitro groups is 1. The van der Waals surface area contributed by atoms with Crippen LogP contribution < -0.4 is 0 Å². The van der Waals surface area contributed by atoms with Gasteiger partial charge >= 0.3 is 0 Å². The maximum atomic E-state index is 10.5. The second-order valence-electron chi connectivity index (χ2n) is 2.49. The Morgan fingerprint density at radius 2 is 2.29 bits per heavy atom. The normalized spacial score (nSPS) is 9.29. The minimum Gasteiger partial charge on any atom is -0.258 e. The summed E-state index contributed by atoms with van der Waals surface area (Å²) in [6.07, 6.45) is 0. The third-order valence-electron chi connectivity index (χ3n) is 1.69. The molecule has 14 heavy (non-hydrogen) atoms. The van der Waals surface area contributed by atoms with Crippen LogP contribution in [0.25, 0.3) is 10.4 Å². The third-order valence-corrected chi connectivity index (χ3v) is 2.16. The Hall–Kier alpha value is -1.78. The van der Waals surface area contributed by atoms with Gasteiger partial charge in [0.2, 0.25) is 0 Å². The fourth-order valence-corrected chi connectivity index (χ4v) is 1.19. The van der Waals surface area contributed by atoms with Gasteiger partial charge < -0.3 is 0 Å². The molecule has 1 rings (SSSR count). The lowest BCUT2D eigenvalue weighted by Crippen LogP contribution is -1.90. The molecule has 0 aliphatic rings. The molecule has 0 heterocycles. The molecule has 0 unspecified atom stereocenters. The van der Waals surface area contributed by atoms with Gasteiger partial charge in [-0.25, -0.2) is 0 Å². The molecular formula is C7H5ClN4O2. The Morgan fingerprint density at radius 3 is 2.79 bits per heavy atom. The Morgan fingerprint density at radius 1 is 1.64 bits per heavy atom. The van der Waals surface area contributed by atoms with Gasteiger partial charge in [-0.05, 0) is 24.1 Å². The Balaban J connectivity index is 3.40. The van der Waals surface area contributed by atoms with Gasteiger partial charge in [-0.3, -0.25) is 10.1 Å². The van der Waals surface area contributed by atoms with Crippen LogP contribution in [0.5, 0.6) is 0 Å². The average Bonchev–Trinajstić information content (AvgIpc) is 2.13. The topological polar surface area (TPSA) is 91.9 Å². The lowest BCUT2D eigenvalue weighted by molar-refractivity contribution is -0.384. The van der Waals surface area contributed by atoms with E-state index >= 15 is 0 Å². The zero-order chi connectivity index (χ0) is 10.7. The van der Waals surface area contributed by atoms with Crippen molar-refractivity contribution in [1.29, 1.82) is 0 Å². The van der Waals surface area contributed by atoms with Crippen LogP contribution in [0.2, 0.25) is 5.02 Å². The van der Waals surface area contributed by atoms with Crippen molar-refractivity contribution >= 4 is 23.0 Å². The zero-order valence-corrected chi connectivity index (χ0v) is 7.89. The van der Waals surface area contributed by atoms with Gasteiger partial charge in [-0.2, -0.15) is 0 Å². The standard InChI is InChI=1S/C7H5ClN4O2/c1-4-5(10-11-9)2-3-6(7(4)8)12(13)14/h2-3H,1H3. The molecule has 0 aliphatic carbocycles. The predicted molar refractivity (Wildman–Crippen MR) is 51.6 cm³/mol. The molecule has 0 atom stereocenters. The van der Waals surface area contributed by atoms with E-state index in [0.29, 0.717) is 11.3 Å². The van der Waals surface area contributed by atoms with E-state index < -0.39 is 4.92 Å². The highest BCUT2D eigenvalue weighted by Crippen LogP contribution is 2.33. The number of hydrogen-bond acceptors (Lipinski definition) is 3. The Kier molecular flexibility index (Phi) is 2.91. The minimum absolute atomic E-state index is 0.0000926. The Labute approximate surface area is 83.9 Å². The SMILES string of the molecule is Cc1c(N=[N+]=[N-])ccc([N+](=O)[O-])c1Cl. The van der Waals surface area contributed by atoms with Gasteiger partial charge in [-0.1, -0.05) is 16.7 Å². The molecule has 1 aromatic carbocycles. The number of nitrogens with zero attached hydrogens (tertiary/aromatic N) is 4. The van der Waals surface area contributed by atoms with E-state index in [4.69, 9.17) is 17.1 Å². The third kappa shape index (κ3) is 1.76. The molecule has 0 aromatic heterocycles. The van der Waals surface area contributed by atoms with Gasteiger partial charge in [0.25, 0.3) is 5.69 Å². The fourth-order valence-electron chi connectivity index (χ4n) is 0.958. The fraction of sp³-hybridized carbons (Fsp3) is 0.143. The van der Waals surface area contributed by atoms with E-state index in [2.05, 4.69) is 10.0 Å². The van der Waals surface area contributed by atoms with Crippen molar-refractivity contribution in [1.82, 2.24) is 0 Å². The average molecular weight is 213 g/mol. The lowest BCUT2D eigenvalue weighted by Gasteiger charge is -2.01. The van der Waals surface area contributed by atoms with E-state index in [1.165, 1.54) is 12.1 Å². The number of benzene rings is 1. The molecule has 0 bridgehead atoms. The number of azide groups is 1. The Bertz CT molecular complexity index is 413. The molecular weight excluding hydrogens is 208 g/mol. The first-order chi connectivity index (χ1) is 6.57. The van der Waals surface area contributed by atoms with Crippen molar-refractivity contribution in [2.45, 2.75) is 6.92 Å². The second kappa shape index (κ2) is 3.95. The molecule has 1 aromatic rings. The number of nitro benzene ring substituents is 1. The zero-order valence-electron chi connectivity index (χ0n) is 7.14. The molecule has 0 spiro atoms. The number of halogens is 1. The van der Waals surface area contributed by atoms with Crippen molar-refractivity contribution in [2.75, 3.05) is 0 Å². The summed E-state index contributed by atoms with van der Waals surface area (Å²) in [6, 6.07) is 2.57. The summed E-state index contributed by atoms with van der Waals surface area (Å²) in [7, 11) is 0. The highest BCUT2D eigenvalue weighted by atomic mass is 35.5. The summed E-state index contributed by atoms with van der Waals surface area (Å²) in [5, 5.41) is 13.8. The van der Waals surface area contributed by atoms with Crippen LogP contribution >= 0.6 is 11.6 Å². The predicted octanol–water partition coefficient (Wildman–Crippen LogP) is 3.50. The molecule has 0 amide bonds. The van der Waals surface area contributed by atoms with Crippen LogP contribution in [-0.4, -0.2) is 4.92 Å². The quantitative estimate of drug-likeness (QED) is 0.247. The molecule has 7 heteroatoms. The van der Waals surface area contributed by atoms with E-state index in [-0.39, 0.29) is 10.7 Å². The summed E-state index contributed by atoms with van der Waals surface area (Å²) in [5.41, 5.74) is 8.70. The number of rotatable bonds is 2. The molecule has 0 saturated heterocycles. The molecule has 0 N–H and O–H groups in total. The first-order valence-corrected chi connectivity index (χ1v) is 3.94. The van der Waals surface area contributed by atoms with Crippen LogP contribution in [0.1, 0.15) is 5.56 Å². The summed E-state index contributed by atoms with van der Waals surface area (Å²) >= 11 is 5.70. The van der Waals surface area contributed by atoms with Crippen molar-refractivity contribution in [3.8, 4) is 0 Å². The molecule has 72 valence electrons. The van der Waals surface area contributed by atoms with Gasteiger partial charge in [0.15, 0.2) is 0 Å². The van der Waals surface area contributed by atoms with E-state index in [1.54, 1.807) is 6.92 Å². The van der Waals surface area contributed by atoms with Crippen LogP contribution in [0.3, 0.4) is 0 Å². The largest absolute Gasteiger partial charge is 0.288 e. The van der Waals surface area contributed by atoms with E-state index in [9.17, 15) is 10.1 Å². The molecule has 0 radical (unpaired) electrons. The second-order valence-corrected chi connectivity index (χ2v) is 2.87. The maximum Gasteiger partial charge on any atom is 0.288 e. The highest BCUT2D eigenvalue weighted by Gasteiger charge is 2.15. The monoisotopic (exact) mass is 212 g/mol. The molecule has 0 aliphatic heterocycles. The van der Waals surface area contributed by atoms with Gasteiger partial charge in [0, 0.05) is 16.7 Å². The van der Waals surface area contributed by atoms with Gasteiger partial charge in [0.05, 0.1) is 4.92 Å².